The van der Waals surface area contributed by atoms with Crippen LogP contribution in [0, 0.1) is 0 Å². The summed E-state index contributed by atoms with van der Waals surface area (Å²) >= 11 is 1.54. The van der Waals surface area contributed by atoms with E-state index in [0.717, 1.165) is 30.9 Å². The zero-order valence-corrected chi connectivity index (χ0v) is 14.2. The lowest BCUT2D eigenvalue weighted by Crippen LogP contribution is -2.33. The molecule has 1 aromatic heterocycles. The number of aryl methyl sites for hydroxylation is 2. The van der Waals surface area contributed by atoms with Gasteiger partial charge in [0.05, 0.1) is 11.6 Å². The van der Waals surface area contributed by atoms with Gasteiger partial charge in [-0.2, -0.15) is 0 Å². The molecule has 6 heteroatoms. The first kappa shape index (κ1) is 17.6. The van der Waals surface area contributed by atoms with Crippen molar-refractivity contribution in [3.05, 3.63) is 52.0 Å². The predicted octanol–water partition coefficient (Wildman–Crippen LogP) is 1.89. The van der Waals surface area contributed by atoms with Crippen LogP contribution < -0.4 is 10.6 Å². The van der Waals surface area contributed by atoms with E-state index < -0.39 is 0 Å². The number of aromatic nitrogens is 1. The first-order chi connectivity index (χ1) is 11.3. The van der Waals surface area contributed by atoms with Gasteiger partial charge >= 0.3 is 0 Å². The van der Waals surface area contributed by atoms with Crippen molar-refractivity contribution in [3.8, 4) is 0 Å². The number of nitrogens with one attached hydrogen (secondary N) is 2. The molecule has 0 aliphatic heterocycles. The Morgan fingerprint density at radius 3 is 2.78 bits per heavy atom. The van der Waals surface area contributed by atoms with Crippen LogP contribution >= 0.6 is 11.3 Å². The molecule has 0 bridgehead atoms. The van der Waals surface area contributed by atoms with E-state index in [1.807, 2.05) is 23.6 Å². The number of hydrogen-bond donors (Lipinski definition) is 2. The average molecular weight is 333 g/mol. The molecule has 0 aliphatic carbocycles. The topological polar surface area (TPSA) is 63.2 Å². The third kappa shape index (κ3) is 6.48. The summed E-state index contributed by atoms with van der Waals surface area (Å²) in [6.07, 6.45) is 1.80. The minimum atomic E-state index is -0.110. The Morgan fingerprint density at radius 2 is 2.00 bits per heavy atom. The fourth-order valence-corrected chi connectivity index (χ4v) is 2.86. The highest BCUT2D eigenvalue weighted by Crippen LogP contribution is 2.13. The fraction of sp³-hybridized carbons (Fsp3) is 0.412. The van der Waals surface area contributed by atoms with E-state index in [-0.39, 0.29) is 5.91 Å². The number of methoxy groups -OCH3 is 1. The second-order valence-corrected chi connectivity index (χ2v) is 6.05. The summed E-state index contributed by atoms with van der Waals surface area (Å²) in [4.78, 5) is 16.4. The number of ether oxygens (including phenoxy) is 1. The molecule has 0 fully saturated rings. The number of rotatable bonds is 10. The molecule has 1 heterocycles. The minimum Gasteiger partial charge on any atom is -0.383 e. The van der Waals surface area contributed by atoms with Crippen LogP contribution in [0.3, 0.4) is 0 Å². The second-order valence-electron chi connectivity index (χ2n) is 5.11. The number of amides is 1. The summed E-state index contributed by atoms with van der Waals surface area (Å²) in [6, 6.07) is 10.3. The quantitative estimate of drug-likeness (QED) is 0.652. The van der Waals surface area contributed by atoms with Gasteiger partial charge in [0.1, 0.15) is 5.69 Å². The summed E-state index contributed by atoms with van der Waals surface area (Å²) in [5, 5.41) is 8.87. The predicted molar refractivity (Wildman–Crippen MR) is 93.0 cm³/mol. The molecule has 124 valence electrons. The van der Waals surface area contributed by atoms with Crippen molar-refractivity contribution in [2.75, 3.05) is 33.4 Å². The fourth-order valence-electron chi connectivity index (χ4n) is 2.08. The summed E-state index contributed by atoms with van der Waals surface area (Å²) in [6.45, 7) is 2.76. The van der Waals surface area contributed by atoms with Crippen LogP contribution in [0.5, 0.6) is 0 Å². The van der Waals surface area contributed by atoms with E-state index >= 15 is 0 Å². The number of hydrogen-bond acceptors (Lipinski definition) is 5. The molecule has 0 radical (unpaired) electrons. The smallest absolute Gasteiger partial charge is 0.270 e. The molecule has 2 rings (SSSR count). The molecule has 2 N–H and O–H groups in total. The molecule has 0 spiro atoms. The van der Waals surface area contributed by atoms with Crippen LogP contribution in [0.25, 0.3) is 0 Å². The van der Waals surface area contributed by atoms with E-state index in [0.29, 0.717) is 18.8 Å². The normalized spacial score (nSPS) is 10.7. The first-order valence-corrected chi connectivity index (χ1v) is 8.63. The van der Waals surface area contributed by atoms with Crippen LogP contribution in [0.4, 0.5) is 0 Å². The standard InChI is InChI=1S/C17H23N3O2S/c1-22-12-11-18-9-10-19-17(21)15-13-23-16(20-15)8-7-14-5-3-2-4-6-14/h2-6,13,18H,7-12H2,1H3,(H,19,21). The second kappa shape index (κ2) is 10.1. The zero-order chi connectivity index (χ0) is 16.3. The Bertz CT molecular complexity index is 587. The van der Waals surface area contributed by atoms with Crippen molar-refractivity contribution >= 4 is 17.2 Å². The van der Waals surface area contributed by atoms with E-state index in [1.165, 1.54) is 5.56 Å². The third-order valence-electron chi connectivity index (χ3n) is 3.33. The van der Waals surface area contributed by atoms with E-state index in [1.54, 1.807) is 18.4 Å². The zero-order valence-electron chi connectivity index (χ0n) is 13.4. The minimum absolute atomic E-state index is 0.110. The van der Waals surface area contributed by atoms with Crippen molar-refractivity contribution in [1.82, 2.24) is 15.6 Å². The molecule has 1 aromatic carbocycles. The van der Waals surface area contributed by atoms with Crippen molar-refractivity contribution in [2.45, 2.75) is 12.8 Å². The van der Waals surface area contributed by atoms with Crippen LogP contribution in [0.15, 0.2) is 35.7 Å². The maximum Gasteiger partial charge on any atom is 0.270 e. The van der Waals surface area contributed by atoms with Gasteiger partial charge in [0.15, 0.2) is 0 Å². The summed E-state index contributed by atoms with van der Waals surface area (Å²) in [5.74, 6) is -0.110. The SMILES string of the molecule is COCCNCCNC(=O)c1csc(CCc2ccccc2)n1. The summed E-state index contributed by atoms with van der Waals surface area (Å²) < 4.78 is 4.94. The van der Waals surface area contributed by atoms with Crippen LogP contribution in [-0.2, 0) is 17.6 Å². The number of nitrogens with zero attached hydrogens (tertiary/aromatic N) is 1. The van der Waals surface area contributed by atoms with Gasteiger partial charge in [-0.15, -0.1) is 11.3 Å². The average Bonchev–Trinajstić information content (AvgIpc) is 3.06. The highest BCUT2D eigenvalue weighted by Gasteiger charge is 2.10. The monoisotopic (exact) mass is 333 g/mol. The van der Waals surface area contributed by atoms with Gasteiger partial charge < -0.3 is 15.4 Å². The molecule has 23 heavy (non-hydrogen) atoms. The Labute approximate surface area is 141 Å². The molecular formula is C17H23N3O2S. The lowest BCUT2D eigenvalue weighted by Gasteiger charge is -2.05. The molecule has 1 amide bonds. The Morgan fingerprint density at radius 1 is 1.17 bits per heavy atom. The van der Waals surface area contributed by atoms with E-state index in [4.69, 9.17) is 4.74 Å². The molecular weight excluding hydrogens is 310 g/mol. The highest BCUT2D eigenvalue weighted by atomic mass is 32.1. The highest BCUT2D eigenvalue weighted by molar-refractivity contribution is 7.09. The molecule has 0 aliphatic rings. The van der Waals surface area contributed by atoms with Gasteiger partial charge in [0.25, 0.3) is 5.91 Å². The van der Waals surface area contributed by atoms with Gasteiger partial charge in [-0.25, -0.2) is 4.98 Å². The summed E-state index contributed by atoms with van der Waals surface area (Å²) in [7, 11) is 1.67. The lowest BCUT2D eigenvalue weighted by atomic mass is 10.1. The first-order valence-electron chi connectivity index (χ1n) is 7.76. The van der Waals surface area contributed by atoms with Crippen molar-refractivity contribution < 1.29 is 9.53 Å². The largest absolute Gasteiger partial charge is 0.383 e. The van der Waals surface area contributed by atoms with Gasteiger partial charge in [-0.3, -0.25) is 4.79 Å². The van der Waals surface area contributed by atoms with Gasteiger partial charge in [0, 0.05) is 38.5 Å². The van der Waals surface area contributed by atoms with Crippen LogP contribution in [-0.4, -0.2) is 44.2 Å². The van der Waals surface area contributed by atoms with Crippen LogP contribution in [0.2, 0.25) is 0 Å². The Balaban J connectivity index is 1.70. The molecule has 0 unspecified atom stereocenters. The molecule has 0 saturated heterocycles. The van der Waals surface area contributed by atoms with Crippen molar-refractivity contribution in [2.24, 2.45) is 0 Å². The molecule has 2 aromatic rings. The number of carbonyl (C=O) groups excluding carboxylic acids is 1. The van der Waals surface area contributed by atoms with E-state index in [9.17, 15) is 4.79 Å². The van der Waals surface area contributed by atoms with E-state index in [2.05, 4.69) is 27.8 Å². The van der Waals surface area contributed by atoms with Gasteiger partial charge in [-0.05, 0) is 12.0 Å². The number of thiazole rings is 1. The maximum absolute atomic E-state index is 12.0. The van der Waals surface area contributed by atoms with Gasteiger partial charge in [0.2, 0.25) is 0 Å². The third-order valence-corrected chi connectivity index (χ3v) is 4.23. The summed E-state index contributed by atoms with van der Waals surface area (Å²) in [5.41, 5.74) is 1.80. The number of benzene rings is 1. The Hall–Kier alpha value is -1.76. The lowest BCUT2D eigenvalue weighted by molar-refractivity contribution is 0.0949. The molecule has 0 atom stereocenters. The molecule has 5 nitrogen and oxygen atoms in total. The number of carbonyl (C=O) groups is 1. The van der Waals surface area contributed by atoms with Crippen molar-refractivity contribution in [3.63, 3.8) is 0 Å². The van der Waals surface area contributed by atoms with Gasteiger partial charge in [-0.1, -0.05) is 30.3 Å². The van der Waals surface area contributed by atoms with Crippen LogP contribution in [0.1, 0.15) is 21.1 Å². The Kier molecular flexibility index (Phi) is 7.72. The molecule has 0 saturated carbocycles. The van der Waals surface area contributed by atoms with Crippen molar-refractivity contribution in [1.29, 1.82) is 0 Å². The maximum atomic E-state index is 12.0.